The van der Waals surface area contributed by atoms with Crippen LogP contribution in [0.3, 0.4) is 0 Å². The molecule has 14 heavy (non-hydrogen) atoms. The molecule has 0 aromatic rings. The van der Waals surface area contributed by atoms with Crippen molar-refractivity contribution in [3.05, 3.63) is 0 Å². The lowest BCUT2D eigenvalue weighted by atomic mass is 9.85. The van der Waals surface area contributed by atoms with Gasteiger partial charge in [0.2, 0.25) is 5.91 Å². The molecule has 1 amide bonds. The second-order valence-electron chi connectivity index (χ2n) is 4.92. The largest absolute Gasteiger partial charge is 0.359 e. The van der Waals surface area contributed by atoms with E-state index in [0.29, 0.717) is 0 Å². The van der Waals surface area contributed by atoms with Gasteiger partial charge >= 0.3 is 0 Å². The van der Waals surface area contributed by atoms with Crippen LogP contribution >= 0.6 is 0 Å². The predicted molar refractivity (Wildman–Crippen MR) is 58.9 cm³/mol. The summed E-state index contributed by atoms with van der Waals surface area (Å²) in [5.41, 5.74) is 0. The number of nitrogens with one attached hydrogen (secondary N) is 1. The zero-order valence-corrected chi connectivity index (χ0v) is 9.84. The van der Waals surface area contributed by atoms with E-state index in [4.69, 9.17) is 0 Å². The van der Waals surface area contributed by atoms with Crippen molar-refractivity contribution in [2.24, 2.45) is 23.7 Å². The van der Waals surface area contributed by atoms with Gasteiger partial charge in [-0.25, -0.2) is 0 Å². The van der Waals surface area contributed by atoms with E-state index >= 15 is 0 Å². The number of carbonyl (C=O) groups is 1. The van der Waals surface area contributed by atoms with E-state index in [2.05, 4.69) is 19.2 Å². The Bertz CT molecular complexity index is 202. The molecular weight excluding hydrogens is 174 g/mol. The molecule has 1 unspecified atom stereocenters. The number of rotatable bonds is 3. The fourth-order valence-electron chi connectivity index (χ4n) is 2.61. The minimum Gasteiger partial charge on any atom is -0.359 e. The smallest absolute Gasteiger partial charge is 0.222 e. The Balaban J connectivity index is 2.41. The summed E-state index contributed by atoms with van der Waals surface area (Å²) in [6, 6.07) is 0. The summed E-state index contributed by atoms with van der Waals surface area (Å²) in [7, 11) is 1.72. The second-order valence-corrected chi connectivity index (χ2v) is 4.92. The molecule has 82 valence electrons. The molecule has 2 nitrogen and oxygen atoms in total. The van der Waals surface area contributed by atoms with Crippen molar-refractivity contribution in [2.45, 2.75) is 40.0 Å². The Kier molecular flexibility index (Phi) is 3.97. The van der Waals surface area contributed by atoms with E-state index in [9.17, 15) is 4.79 Å². The van der Waals surface area contributed by atoms with Gasteiger partial charge in [0.15, 0.2) is 0 Å². The molecule has 0 radical (unpaired) electrons. The molecule has 0 aromatic carbocycles. The van der Waals surface area contributed by atoms with Gasteiger partial charge in [0.05, 0.1) is 0 Å². The maximum absolute atomic E-state index is 11.4. The molecule has 1 aliphatic carbocycles. The van der Waals surface area contributed by atoms with Crippen molar-refractivity contribution < 1.29 is 4.79 Å². The summed E-state index contributed by atoms with van der Waals surface area (Å²) in [6.07, 6.45) is 3.71. The fraction of sp³-hybridized carbons (Fsp3) is 0.917. The van der Waals surface area contributed by atoms with Crippen LogP contribution in [0.4, 0.5) is 0 Å². The first-order valence-corrected chi connectivity index (χ1v) is 5.77. The van der Waals surface area contributed by atoms with Gasteiger partial charge in [-0.05, 0) is 30.6 Å². The lowest BCUT2D eigenvalue weighted by Crippen LogP contribution is -2.27. The van der Waals surface area contributed by atoms with Gasteiger partial charge in [0.1, 0.15) is 0 Å². The molecule has 0 aromatic heterocycles. The van der Waals surface area contributed by atoms with Crippen molar-refractivity contribution in [2.75, 3.05) is 7.05 Å². The van der Waals surface area contributed by atoms with E-state index in [1.807, 2.05) is 6.92 Å². The molecule has 0 heterocycles. The first-order chi connectivity index (χ1) is 6.56. The van der Waals surface area contributed by atoms with Crippen LogP contribution in [0.5, 0.6) is 0 Å². The standard InChI is InChI=1S/C12H23NO/c1-8-5-6-11(10(8)3)7-9(2)12(14)13-4/h8-11H,5-7H2,1-4H3,(H,13,14)/t8-,9?,10-,11-/m1/s1. The Morgan fingerprint density at radius 3 is 2.50 bits per heavy atom. The monoisotopic (exact) mass is 197 g/mol. The highest BCUT2D eigenvalue weighted by Crippen LogP contribution is 2.39. The predicted octanol–water partition coefficient (Wildman–Crippen LogP) is 2.44. The van der Waals surface area contributed by atoms with E-state index in [1.54, 1.807) is 7.05 Å². The Morgan fingerprint density at radius 1 is 1.43 bits per heavy atom. The third kappa shape index (κ3) is 2.49. The average molecular weight is 197 g/mol. The first-order valence-electron chi connectivity index (χ1n) is 5.77. The van der Waals surface area contributed by atoms with Gasteiger partial charge in [-0.1, -0.05) is 27.2 Å². The minimum atomic E-state index is 0.178. The summed E-state index contributed by atoms with van der Waals surface area (Å²) in [6.45, 7) is 6.70. The van der Waals surface area contributed by atoms with Crippen LogP contribution in [0, 0.1) is 23.7 Å². The molecule has 0 aliphatic heterocycles. The van der Waals surface area contributed by atoms with Gasteiger partial charge in [-0.15, -0.1) is 0 Å². The van der Waals surface area contributed by atoms with Crippen LogP contribution in [0.2, 0.25) is 0 Å². The SMILES string of the molecule is CNC(=O)C(C)C[C@H]1CC[C@@H](C)[C@H]1C. The van der Waals surface area contributed by atoms with Gasteiger partial charge in [0.25, 0.3) is 0 Å². The summed E-state index contributed by atoms with van der Waals surface area (Å²) in [5, 5.41) is 2.73. The molecule has 0 bridgehead atoms. The van der Waals surface area contributed by atoms with Crippen LogP contribution in [0.25, 0.3) is 0 Å². The summed E-state index contributed by atoms with van der Waals surface area (Å²) in [5.74, 6) is 2.77. The van der Waals surface area contributed by atoms with E-state index < -0.39 is 0 Å². The molecule has 2 heteroatoms. The second kappa shape index (κ2) is 4.81. The fourth-order valence-corrected chi connectivity index (χ4v) is 2.61. The number of carbonyl (C=O) groups excluding carboxylic acids is 1. The van der Waals surface area contributed by atoms with Crippen molar-refractivity contribution in [3.8, 4) is 0 Å². The van der Waals surface area contributed by atoms with E-state index in [-0.39, 0.29) is 11.8 Å². The lowest BCUT2D eigenvalue weighted by molar-refractivity contribution is -0.124. The highest BCUT2D eigenvalue weighted by atomic mass is 16.1. The maximum atomic E-state index is 11.4. The molecule has 0 saturated heterocycles. The normalized spacial score (nSPS) is 34.1. The summed E-state index contributed by atoms with van der Waals surface area (Å²) < 4.78 is 0. The molecular formula is C12H23NO. The molecule has 1 N–H and O–H groups in total. The average Bonchev–Trinajstić information content (AvgIpc) is 2.48. The highest BCUT2D eigenvalue weighted by molar-refractivity contribution is 5.77. The summed E-state index contributed by atoms with van der Waals surface area (Å²) >= 11 is 0. The van der Waals surface area contributed by atoms with Crippen molar-refractivity contribution >= 4 is 5.91 Å². The highest BCUT2D eigenvalue weighted by Gasteiger charge is 2.31. The van der Waals surface area contributed by atoms with Gasteiger partial charge in [-0.2, -0.15) is 0 Å². The topological polar surface area (TPSA) is 29.1 Å². The van der Waals surface area contributed by atoms with Gasteiger partial charge < -0.3 is 5.32 Å². The number of hydrogen-bond donors (Lipinski definition) is 1. The third-order valence-electron chi connectivity index (χ3n) is 3.98. The molecule has 4 atom stereocenters. The van der Waals surface area contributed by atoms with E-state index in [1.165, 1.54) is 12.8 Å². The van der Waals surface area contributed by atoms with Crippen LogP contribution in [0.15, 0.2) is 0 Å². The molecule has 1 rings (SSSR count). The zero-order valence-electron chi connectivity index (χ0n) is 9.84. The Labute approximate surface area is 87.5 Å². The van der Waals surface area contributed by atoms with Crippen molar-refractivity contribution in [3.63, 3.8) is 0 Å². The minimum absolute atomic E-state index is 0.178. The molecule has 0 spiro atoms. The van der Waals surface area contributed by atoms with Crippen LogP contribution in [-0.2, 0) is 4.79 Å². The third-order valence-corrected chi connectivity index (χ3v) is 3.98. The van der Waals surface area contributed by atoms with Crippen LogP contribution < -0.4 is 5.32 Å². The zero-order chi connectivity index (χ0) is 10.7. The van der Waals surface area contributed by atoms with Gasteiger partial charge in [-0.3, -0.25) is 4.79 Å². The Morgan fingerprint density at radius 2 is 2.07 bits per heavy atom. The summed E-state index contributed by atoms with van der Waals surface area (Å²) in [4.78, 5) is 11.4. The number of amides is 1. The first kappa shape index (κ1) is 11.5. The lowest BCUT2D eigenvalue weighted by Gasteiger charge is -2.21. The van der Waals surface area contributed by atoms with Gasteiger partial charge in [0, 0.05) is 13.0 Å². The van der Waals surface area contributed by atoms with Crippen molar-refractivity contribution in [1.29, 1.82) is 0 Å². The van der Waals surface area contributed by atoms with Crippen LogP contribution in [0.1, 0.15) is 40.0 Å². The molecule has 1 aliphatic rings. The number of hydrogen-bond acceptors (Lipinski definition) is 1. The van der Waals surface area contributed by atoms with Crippen molar-refractivity contribution in [1.82, 2.24) is 5.32 Å². The molecule has 1 fully saturated rings. The molecule has 1 saturated carbocycles. The van der Waals surface area contributed by atoms with Crippen LogP contribution in [-0.4, -0.2) is 13.0 Å². The Hall–Kier alpha value is -0.530. The maximum Gasteiger partial charge on any atom is 0.222 e. The van der Waals surface area contributed by atoms with E-state index in [0.717, 1.165) is 24.2 Å². The quantitative estimate of drug-likeness (QED) is 0.739.